The standard InChI is InChI=1S/C23H19N3O2/c1-28-21-15-9-8-14-20(21)24-23(27)19-16-26(18-12-6-3-7-13-18)25-22(19)17-10-4-2-5-11-17/h2-16H,1H3,(H,24,27). The zero-order valence-corrected chi connectivity index (χ0v) is 15.4. The summed E-state index contributed by atoms with van der Waals surface area (Å²) in [6, 6.07) is 26.7. The molecule has 0 saturated carbocycles. The summed E-state index contributed by atoms with van der Waals surface area (Å²) in [5.74, 6) is 0.359. The highest BCUT2D eigenvalue weighted by atomic mass is 16.5. The van der Waals surface area contributed by atoms with Crippen molar-refractivity contribution < 1.29 is 9.53 Å². The van der Waals surface area contributed by atoms with E-state index in [1.807, 2.05) is 72.8 Å². The summed E-state index contributed by atoms with van der Waals surface area (Å²) in [5.41, 5.74) is 3.48. The third-order valence-electron chi connectivity index (χ3n) is 4.38. The molecular weight excluding hydrogens is 350 g/mol. The summed E-state index contributed by atoms with van der Waals surface area (Å²) in [5, 5.41) is 7.62. The van der Waals surface area contributed by atoms with Crippen LogP contribution in [0.3, 0.4) is 0 Å². The number of ether oxygens (including phenoxy) is 1. The lowest BCUT2D eigenvalue weighted by molar-refractivity contribution is 0.102. The Bertz CT molecular complexity index is 1090. The third-order valence-corrected chi connectivity index (χ3v) is 4.38. The Morgan fingerprint density at radius 3 is 2.25 bits per heavy atom. The molecule has 138 valence electrons. The van der Waals surface area contributed by atoms with E-state index < -0.39 is 0 Å². The van der Waals surface area contributed by atoms with Crippen LogP contribution in [0, 0.1) is 0 Å². The molecule has 0 radical (unpaired) electrons. The van der Waals surface area contributed by atoms with Gasteiger partial charge in [-0.05, 0) is 24.3 Å². The van der Waals surface area contributed by atoms with Crippen LogP contribution >= 0.6 is 0 Å². The predicted octanol–water partition coefficient (Wildman–Crippen LogP) is 4.80. The molecule has 0 aliphatic heterocycles. The first-order chi connectivity index (χ1) is 13.8. The van der Waals surface area contributed by atoms with Crippen molar-refractivity contribution >= 4 is 11.6 Å². The van der Waals surface area contributed by atoms with E-state index in [4.69, 9.17) is 4.74 Å². The molecule has 1 aromatic heterocycles. The van der Waals surface area contributed by atoms with Gasteiger partial charge in [-0.3, -0.25) is 4.79 Å². The Kier molecular flexibility index (Phi) is 4.89. The molecule has 5 heteroatoms. The number of nitrogens with one attached hydrogen (secondary N) is 1. The van der Waals surface area contributed by atoms with Crippen LogP contribution in [0.1, 0.15) is 10.4 Å². The lowest BCUT2D eigenvalue weighted by atomic mass is 10.1. The minimum atomic E-state index is -0.245. The average molecular weight is 369 g/mol. The minimum absolute atomic E-state index is 0.245. The summed E-state index contributed by atoms with van der Waals surface area (Å²) in [6.45, 7) is 0. The van der Waals surface area contributed by atoms with Crippen LogP contribution in [0.15, 0.2) is 91.1 Å². The van der Waals surface area contributed by atoms with Crippen molar-refractivity contribution in [2.45, 2.75) is 0 Å². The van der Waals surface area contributed by atoms with Crippen LogP contribution in [0.2, 0.25) is 0 Å². The van der Waals surface area contributed by atoms with Gasteiger partial charge in [0, 0.05) is 11.8 Å². The minimum Gasteiger partial charge on any atom is -0.495 e. The van der Waals surface area contributed by atoms with E-state index >= 15 is 0 Å². The molecule has 0 spiro atoms. The van der Waals surface area contributed by atoms with Gasteiger partial charge in [0.1, 0.15) is 11.4 Å². The molecule has 1 amide bonds. The highest BCUT2D eigenvalue weighted by molar-refractivity contribution is 6.08. The van der Waals surface area contributed by atoms with E-state index in [9.17, 15) is 4.79 Å². The van der Waals surface area contributed by atoms with Crippen molar-refractivity contribution in [1.82, 2.24) is 9.78 Å². The molecule has 0 fully saturated rings. The molecular formula is C23H19N3O2. The largest absolute Gasteiger partial charge is 0.495 e. The zero-order chi connectivity index (χ0) is 19.3. The summed E-state index contributed by atoms with van der Waals surface area (Å²) in [4.78, 5) is 13.1. The van der Waals surface area contributed by atoms with Crippen LogP contribution in [-0.2, 0) is 0 Å². The van der Waals surface area contributed by atoms with Crippen molar-refractivity contribution in [2.75, 3.05) is 12.4 Å². The molecule has 28 heavy (non-hydrogen) atoms. The molecule has 3 aromatic carbocycles. The Hall–Kier alpha value is -3.86. The number of carbonyl (C=O) groups excluding carboxylic acids is 1. The highest BCUT2D eigenvalue weighted by Gasteiger charge is 2.19. The molecule has 0 saturated heterocycles. The highest BCUT2D eigenvalue weighted by Crippen LogP contribution is 2.27. The maximum absolute atomic E-state index is 13.1. The van der Waals surface area contributed by atoms with Crippen LogP contribution in [0.4, 0.5) is 5.69 Å². The fraction of sp³-hybridized carbons (Fsp3) is 0.0435. The van der Waals surface area contributed by atoms with Gasteiger partial charge in [-0.1, -0.05) is 60.7 Å². The number of amides is 1. The summed E-state index contributed by atoms with van der Waals surface area (Å²) >= 11 is 0. The molecule has 0 aliphatic rings. The van der Waals surface area contributed by atoms with Crippen molar-refractivity contribution in [1.29, 1.82) is 0 Å². The number of benzene rings is 3. The first kappa shape index (κ1) is 17.5. The van der Waals surface area contributed by atoms with Crippen molar-refractivity contribution in [3.63, 3.8) is 0 Å². The molecule has 4 aromatic rings. The van der Waals surface area contributed by atoms with Crippen LogP contribution in [0.25, 0.3) is 16.9 Å². The smallest absolute Gasteiger partial charge is 0.259 e. The van der Waals surface area contributed by atoms with Gasteiger partial charge in [-0.15, -0.1) is 0 Å². The normalized spacial score (nSPS) is 10.5. The van der Waals surface area contributed by atoms with E-state index in [1.165, 1.54) is 0 Å². The molecule has 5 nitrogen and oxygen atoms in total. The van der Waals surface area contributed by atoms with Gasteiger partial charge in [0.25, 0.3) is 5.91 Å². The first-order valence-electron chi connectivity index (χ1n) is 8.91. The third kappa shape index (κ3) is 3.50. The zero-order valence-electron chi connectivity index (χ0n) is 15.4. The second-order valence-electron chi connectivity index (χ2n) is 6.19. The Balaban J connectivity index is 1.76. The number of hydrogen-bond donors (Lipinski definition) is 1. The van der Waals surface area contributed by atoms with E-state index in [2.05, 4.69) is 10.4 Å². The topological polar surface area (TPSA) is 56.1 Å². The maximum Gasteiger partial charge on any atom is 0.259 e. The lowest BCUT2D eigenvalue weighted by Gasteiger charge is -2.09. The Labute approximate surface area is 163 Å². The van der Waals surface area contributed by atoms with E-state index in [0.717, 1.165) is 11.3 Å². The average Bonchev–Trinajstić information content (AvgIpc) is 3.21. The maximum atomic E-state index is 13.1. The number of hydrogen-bond acceptors (Lipinski definition) is 3. The first-order valence-corrected chi connectivity index (χ1v) is 8.91. The van der Waals surface area contributed by atoms with Crippen molar-refractivity contribution in [2.24, 2.45) is 0 Å². The molecule has 1 N–H and O–H groups in total. The second kappa shape index (κ2) is 7.80. The number of nitrogens with zero attached hydrogens (tertiary/aromatic N) is 2. The fourth-order valence-corrected chi connectivity index (χ4v) is 3.00. The number of para-hydroxylation sites is 3. The fourth-order valence-electron chi connectivity index (χ4n) is 3.00. The van der Waals surface area contributed by atoms with Gasteiger partial charge < -0.3 is 10.1 Å². The summed E-state index contributed by atoms with van der Waals surface area (Å²) in [6.07, 6.45) is 1.75. The summed E-state index contributed by atoms with van der Waals surface area (Å²) in [7, 11) is 1.58. The molecule has 0 bridgehead atoms. The molecule has 4 rings (SSSR count). The Morgan fingerprint density at radius 2 is 1.54 bits per heavy atom. The summed E-state index contributed by atoms with van der Waals surface area (Å²) < 4.78 is 7.06. The molecule has 0 unspecified atom stereocenters. The van der Waals surface area contributed by atoms with E-state index in [0.29, 0.717) is 22.7 Å². The van der Waals surface area contributed by atoms with Gasteiger partial charge in [-0.25, -0.2) is 4.68 Å². The van der Waals surface area contributed by atoms with Gasteiger partial charge in [0.15, 0.2) is 0 Å². The Morgan fingerprint density at radius 1 is 0.893 bits per heavy atom. The van der Waals surface area contributed by atoms with Gasteiger partial charge in [0.05, 0.1) is 24.0 Å². The van der Waals surface area contributed by atoms with Crippen LogP contribution < -0.4 is 10.1 Å². The molecule has 0 aliphatic carbocycles. The second-order valence-corrected chi connectivity index (χ2v) is 6.19. The monoisotopic (exact) mass is 369 g/mol. The van der Waals surface area contributed by atoms with Crippen molar-refractivity contribution in [3.8, 4) is 22.7 Å². The number of anilines is 1. The number of carbonyl (C=O) groups is 1. The number of methoxy groups -OCH3 is 1. The van der Waals surface area contributed by atoms with Crippen LogP contribution in [0.5, 0.6) is 5.75 Å². The molecule has 1 heterocycles. The quantitative estimate of drug-likeness (QED) is 0.550. The van der Waals surface area contributed by atoms with E-state index in [1.54, 1.807) is 30.1 Å². The molecule has 0 atom stereocenters. The predicted molar refractivity (Wildman–Crippen MR) is 110 cm³/mol. The lowest BCUT2D eigenvalue weighted by Crippen LogP contribution is -2.13. The SMILES string of the molecule is COc1ccccc1NC(=O)c1cn(-c2ccccc2)nc1-c1ccccc1. The number of rotatable bonds is 5. The van der Waals surface area contributed by atoms with Crippen molar-refractivity contribution in [3.05, 3.63) is 96.7 Å². The number of aromatic nitrogens is 2. The van der Waals surface area contributed by atoms with Gasteiger partial charge in [-0.2, -0.15) is 5.10 Å². The van der Waals surface area contributed by atoms with E-state index in [-0.39, 0.29) is 5.91 Å². The van der Waals surface area contributed by atoms with Gasteiger partial charge in [0.2, 0.25) is 0 Å². The van der Waals surface area contributed by atoms with Gasteiger partial charge >= 0.3 is 0 Å². The van der Waals surface area contributed by atoms with Crippen LogP contribution in [-0.4, -0.2) is 22.8 Å².